The molecular formula is C16H27NO7. The number of imide groups is 1. The van der Waals surface area contributed by atoms with Gasteiger partial charge in [-0.2, -0.15) is 0 Å². The Balaban J connectivity index is 4.98. The lowest BCUT2D eigenvalue weighted by Crippen LogP contribution is -2.46. The predicted molar refractivity (Wildman–Crippen MR) is 86.3 cm³/mol. The van der Waals surface area contributed by atoms with E-state index in [-0.39, 0.29) is 6.61 Å². The van der Waals surface area contributed by atoms with Crippen LogP contribution in [-0.4, -0.2) is 54.5 Å². The smallest absolute Gasteiger partial charge is 0.420 e. The molecule has 2 amide bonds. The second-order valence-electron chi connectivity index (χ2n) is 6.84. The molecular weight excluding hydrogens is 318 g/mol. The second kappa shape index (κ2) is 9.14. The van der Waals surface area contributed by atoms with Gasteiger partial charge >= 0.3 is 18.2 Å². The van der Waals surface area contributed by atoms with Crippen molar-refractivity contribution in [1.29, 1.82) is 0 Å². The Labute approximate surface area is 142 Å². The van der Waals surface area contributed by atoms with Gasteiger partial charge in [-0.05, 0) is 47.6 Å². The van der Waals surface area contributed by atoms with Gasteiger partial charge in [-0.3, -0.25) is 4.79 Å². The van der Waals surface area contributed by atoms with E-state index in [4.69, 9.17) is 14.2 Å². The van der Waals surface area contributed by atoms with Crippen LogP contribution >= 0.6 is 0 Å². The average Bonchev–Trinajstić information content (AvgIpc) is 2.36. The van der Waals surface area contributed by atoms with Gasteiger partial charge in [0.1, 0.15) is 24.4 Å². The number of hydrogen-bond donors (Lipinski definition) is 0. The third-order valence-corrected chi connectivity index (χ3v) is 2.09. The summed E-state index contributed by atoms with van der Waals surface area (Å²) < 4.78 is 19.8. The molecule has 0 spiro atoms. The molecule has 0 fully saturated rings. The molecule has 0 saturated heterocycles. The summed E-state index contributed by atoms with van der Waals surface area (Å²) in [5.41, 5.74) is -1.66. The minimum atomic E-state index is -0.985. The van der Waals surface area contributed by atoms with E-state index in [0.29, 0.717) is 4.90 Å². The summed E-state index contributed by atoms with van der Waals surface area (Å²) in [7, 11) is 1.45. The third kappa shape index (κ3) is 10.5. The number of carbonyl (C=O) groups is 3. The Kier molecular flexibility index (Phi) is 8.29. The fraction of sp³-hybridized carbons (Fsp3) is 0.688. The molecule has 0 aliphatic rings. The number of esters is 1. The number of amides is 2. The maximum absolute atomic E-state index is 12.2. The standard InChI is InChI=1S/C16H27NO7/c1-15(2,3)23-13(19)17(14(20)24-16(4,5)6)11-12(18)22-10-8-9-21-7/h8-9H,10-11H2,1-7H3/b9-8-. The zero-order valence-electron chi connectivity index (χ0n) is 15.4. The highest BCUT2D eigenvalue weighted by molar-refractivity contribution is 5.92. The van der Waals surface area contributed by atoms with Crippen molar-refractivity contribution in [2.75, 3.05) is 20.3 Å². The first kappa shape index (κ1) is 21.8. The molecule has 8 nitrogen and oxygen atoms in total. The summed E-state index contributed by atoms with van der Waals surface area (Å²) in [6.45, 7) is 9.20. The van der Waals surface area contributed by atoms with E-state index in [1.807, 2.05) is 0 Å². The number of carbonyl (C=O) groups excluding carboxylic acids is 3. The van der Waals surface area contributed by atoms with E-state index in [1.54, 1.807) is 41.5 Å². The highest BCUT2D eigenvalue weighted by Crippen LogP contribution is 2.14. The topological polar surface area (TPSA) is 91.4 Å². The van der Waals surface area contributed by atoms with Crippen molar-refractivity contribution in [2.45, 2.75) is 52.7 Å². The zero-order chi connectivity index (χ0) is 19.0. The summed E-state index contributed by atoms with van der Waals surface area (Å²) in [6.07, 6.45) is 0.831. The fourth-order valence-corrected chi connectivity index (χ4v) is 1.29. The van der Waals surface area contributed by atoms with Gasteiger partial charge in [0.15, 0.2) is 0 Å². The Hall–Kier alpha value is -2.25. The van der Waals surface area contributed by atoms with Gasteiger partial charge in [-0.25, -0.2) is 14.5 Å². The summed E-state index contributed by atoms with van der Waals surface area (Å²) in [4.78, 5) is 36.7. The second-order valence-corrected chi connectivity index (χ2v) is 6.84. The minimum absolute atomic E-state index is 0.0524. The number of methoxy groups -OCH3 is 1. The molecule has 0 aromatic heterocycles. The minimum Gasteiger partial charge on any atom is -0.505 e. The molecule has 0 bridgehead atoms. The van der Waals surface area contributed by atoms with E-state index in [9.17, 15) is 14.4 Å². The zero-order valence-corrected chi connectivity index (χ0v) is 15.4. The van der Waals surface area contributed by atoms with Crippen LogP contribution < -0.4 is 0 Å². The average molecular weight is 345 g/mol. The van der Waals surface area contributed by atoms with Crippen LogP contribution in [0.2, 0.25) is 0 Å². The number of ether oxygens (including phenoxy) is 4. The van der Waals surface area contributed by atoms with Crippen LogP contribution in [0.1, 0.15) is 41.5 Å². The van der Waals surface area contributed by atoms with Crippen LogP contribution in [0.15, 0.2) is 12.3 Å². The Morgan fingerprint density at radius 2 is 1.38 bits per heavy atom. The lowest BCUT2D eigenvalue weighted by molar-refractivity contribution is -0.143. The van der Waals surface area contributed by atoms with Crippen molar-refractivity contribution in [3.05, 3.63) is 12.3 Å². The summed E-state index contributed by atoms with van der Waals surface area (Å²) in [5.74, 6) is -0.785. The normalized spacial score (nSPS) is 11.8. The van der Waals surface area contributed by atoms with Gasteiger partial charge in [-0.1, -0.05) is 0 Å². The SMILES string of the molecule is CO/C=C\COC(=O)CN(C(=O)OC(C)(C)C)C(=O)OC(C)(C)C. The molecule has 0 aliphatic carbocycles. The fourth-order valence-electron chi connectivity index (χ4n) is 1.29. The van der Waals surface area contributed by atoms with Crippen LogP contribution in [0.3, 0.4) is 0 Å². The highest BCUT2D eigenvalue weighted by atomic mass is 16.6. The van der Waals surface area contributed by atoms with E-state index in [2.05, 4.69) is 4.74 Å². The van der Waals surface area contributed by atoms with Crippen molar-refractivity contribution in [1.82, 2.24) is 4.90 Å². The van der Waals surface area contributed by atoms with Crippen LogP contribution in [0.5, 0.6) is 0 Å². The van der Waals surface area contributed by atoms with Gasteiger partial charge in [0.05, 0.1) is 13.4 Å². The monoisotopic (exact) mass is 345 g/mol. The predicted octanol–water partition coefficient (Wildman–Crippen LogP) is 2.86. The van der Waals surface area contributed by atoms with Crippen molar-refractivity contribution >= 4 is 18.2 Å². The van der Waals surface area contributed by atoms with E-state index in [1.165, 1.54) is 19.4 Å². The van der Waals surface area contributed by atoms with Crippen molar-refractivity contribution in [2.24, 2.45) is 0 Å². The van der Waals surface area contributed by atoms with Gasteiger partial charge in [-0.15, -0.1) is 0 Å². The first-order valence-electron chi connectivity index (χ1n) is 7.42. The Morgan fingerprint density at radius 3 is 1.75 bits per heavy atom. The first-order chi connectivity index (χ1) is 10.9. The number of hydrogen-bond acceptors (Lipinski definition) is 7. The first-order valence-corrected chi connectivity index (χ1v) is 7.42. The van der Waals surface area contributed by atoms with Crippen LogP contribution in [0.25, 0.3) is 0 Å². The van der Waals surface area contributed by atoms with E-state index < -0.39 is 35.9 Å². The molecule has 138 valence electrons. The molecule has 0 heterocycles. The molecule has 0 radical (unpaired) electrons. The van der Waals surface area contributed by atoms with Gasteiger partial charge < -0.3 is 18.9 Å². The van der Waals surface area contributed by atoms with Gasteiger partial charge in [0, 0.05) is 0 Å². The van der Waals surface area contributed by atoms with Gasteiger partial charge in [0.25, 0.3) is 0 Å². The summed E-state index contributed by atoms with van der Waals surface area (Å²) >= 11 is 0. The number of nitrogens with zero attached hydrogens (tertiary/aromatic N) is 1. The molecule has 0 unspecified atom stereocenters. The largest absolute Gasteiger partial charge is 0.505 e. The molecule has 0 N–H and O–H groups in total. The van der Waals surface area contributed by atoms with E-state index in [0.717, 1.165) is 0 Å². The molecule has 0 saturated carbocycles. The van der Waals surface area contributed by atoms with Crippen LogP contribution in [0.4, 0.5) is 9.59 Å². The molecule has 24 heavy (non-hydrogen) atoms. The molecule has 0 aliphatic heterocycles. The molecule has 0 rings (SSSR count). The molecule has 0 aromatic carbocycles. The molecule has 0 aromatic rings. The maximum atomic E-state index is 12.2. The van der Waals surface area contributed by atoms with Crippen molar-refractivity contribution in [3.63, 3.8) is 0 Å². The lowest BCUT2D eigenvalue weighted by atomic mass is 10.2. The van der Waals surface area contributed by atoms with E-state index >= 15 is 0 Å². The maximum Gasteiger partial charge on any atom is 0.420 e. The summed E-state index contributed by atoms with van der Waals surface area (Å²) in [5, 5.41) is 0. The lowest BCUT2D eigenvalue weighted by Gasteiger charge is -2.28. The quantitative estimate of drug-likeness (QED) is 0.430. The van der Waals surface area contributed by atoms with Gasteiger partial charge in [0.2, 0.25) is 0 Å². The Morgan fingerprint density at radius 1 is 0.917 bits per heavy atom. The van der Waals surface area contributed by atoms with Crippen LogP contribution in [0, 0.1) is 0 Å². The number of rotatable bonds is 5. The summed E-state index contributed by atoms with van der Waals surface area (Å²) in [6, 6.07) is 0. The molecule has 0 atom stereocenters. The van der Waals surface area contributed by atoms with Crippen molar-refractivity contribution < 1.29 is 33.3 Å². The third-order valence-electron chi connectivity index (χ3n) is 2.09. The van der Waals surface area contributed by atoms with Crippen LogP contribution in [-0.2, 0) is 23.7 Å². The Bertz CT molecular complexity index is 444. The van der Waals surface area contributed by atoms with Crippen molar-refractivity contribution in [3.8, 4) is 0 Å². The highest BCUT2D eigenvalue weighted by Gasteiger charge is 2.33. The molecule has 8 heteroatoms.